The lowest BCUT2D eigenvalue weighted by Gasteiger charge is -2.34. The summed E-state index contributed by atoms with van der Waals surface area (Å²) in [7, 11) is 2.10. The molecular formula is C11H20N3O. The summed E-state index contributed by atoms with van der Waals surface area (Å²) in [6, 6.07) is 0. The van der Waals surface area contributed by atoms with E-state index in [0.717, 1.165) is 52.1 Å². The van der Waals surface area contributed by atoms with Gasteiger partial charge in [0.25, 0.3) is 0 Å². The Kier molecular flexibility index (Phi) is 3.59. The molecule has 2 heterocycles. The number of rotatable bonds is 1. The van der Waals surface area contributed by atoms with Crippen molar-refractivity contribution < 1.29 is 4.79 Å². The molecule has 0 aromatic rings. The molecule has 2 aliphatic rings. The van der Waals surface area contributed by atoms with Gasteiger partial charge in [0.1, 0.15) is 0 Å². The molecule has 15 heavy (non-hydrogen) atoms. The molecule has 2 rings (SSSR count). The van der Waals surface area contributed by atoms with Gasteiger partial charge >= 0.3 is 0 Å². The third-order valence-electron chi connectivity index (χ3n) is 3.34. The second kappa shape index (κ2) is 4.94. The predicted molar refractivity (Wildman–Crippen MR) is 58.7 cm³/mol. The molecule has 0 spiro atoms. The molecule has 4 heteroatoms. The summed E-state index contributed by atoms with van der Waals surface area (Å²) >= 11 is 0. The highest BCUT2D eigenvalue weighted by Crippen LogP contribution is 2.17. The van der Waals surface area contributed by atoms with Crippen LogP contribution in [-0.4, -0.2) is 62.0 Å². The zero-order valence-corrected chi connectivity index (χ0v) is 9.48. The van der Waals surface area contributed by atoms with Crippen molar-refractivity contribution in [3.05, 3.63) is 0 Å². The van der Waals surface area contributed by atoms with E-state index in [2.05, 4.69) is 17.3 Å². The van der Waals surface area contributed by atoms with Crippen LogP contribution in [0.3, 0.4) is 0 Å². The quantitative estimate of drug-likeness (QED) is 0.600. The van der Waals surface area contributed by atoms with Crippen LogP contribution in [0.5, 0.6) is 0 Å². The number of hydrogen-bond donors (Lipinski definition) is 0. The second-order valence-electron chi connectivity index (χ2n) is 4.60. The minimum absolute atomic E-state index is 0.238. The minimum Gasteiger partial charge on any atom is -0.340 e. The molecular weight excluding hydrogens is 190 g/mol. The SMILES string of the molecule is CN1CCCC(C(=O)N2CC[N]CC2)C1. The molecule has 2 fully saturated rings. The third-order valence-corrected chi connectivity index (χ3v) is 3.34. The Balaban J connectivity index is 1.88. The molecule has 85 valence electrons. The van der Waals surface area contributed by atoms with E-state index in [4.69, 9.17) is 0 Å². The summed E-state index contributed by atoms with van der Waals surface area (Å²) in [5.41, 5.74) is 0. The number of amides is 1. The molecule has 1 unspecified atom stereocenters. The molecule has 2 aliphatic heterocycles. The van der Waals surface area contributed by atoms with Gasteiger partial charge in [-0.2, -0.15) is 0 Å². The lowest BCUT2D eigenvalue weighted by atomic mass is 9.97. The van der Waals surface area contributed by atoms with Crippen LogP contribution in [0.25, 0.3) is 0 Å². The van der Waals surface area contributed by atoms with E-state index in [1.807, 2.05) is 4.90 Å². The maximum atomic E-state index is 12.2. The van der Waals surface area contributed by atoms with Crippen molar-refractivity contribution in [2.45, 2.75) is 12.8 Å². The van der Waals surface area contributed by atoms with Crippen LogP contribution in [0.2, 0.25) is 0 Å². The fraction of sp³-hybridized carbons (Fsp3) is 0.909. The first kappa shape index (κ1) is 10.9. The average Bonchev–Trinajstić information content (AvgIpc) is 2.29. The van der Waals surface area contributed by atoms with Crippen LogP contribution in [0.4, 0.5) is 0 Å². The fourth-order valence-electron chi connectivity index (χ4n) is 2.45. The molecule has 0 bridgehead atoms. The number of carbonyl (C=O) groups is 1. The number of hydrogen-bond acceptors (Lipinski definition) is 2. The third kappa shape index (κ3) is 2.69. The van der Waals surface area contributed by atoms with Crippen molar-refractivity contribution in [2.24, 2.45) is 5.92 Å². The lowest BCUT2D eigenvalue weighted by Crippen LogP contribution is -2.49. The van der Waals surface area contributed by atoms with E-state index in [1.54, 1.807) is 0 Å². The average molecular weight is 210 g/mol. The van der Waals surface area contributed by atoms with E-state index < -0.39 is 0 Å². The monoisotopic (exact) mass is 210 g/mol. The van der Waals surface area contributed by atoms with Crippen molar-refractivity contribution in [3.8, 4) is 0 Å². The molecule has 0 N–H and O–H groups in total. The van der Waals surface area contributed by atoms with Gasteiger partial charge in [0, 0.05) is 32.7 Å². The zero-order valence-electron chi connectivity index (χ0n) is 9.48. The van der Waals surface area contributed by atoms with Gasteiger partial charge in [-0.05, 0) is 26.4 Å². The van der Waals surface area contributed by atoms with Gasteiger partial charge in [-0.15, -0.1) is 0 Å². The first-order valence-electron chi connectivity index (χ1n) is 5.88. The Morgan fingerprint density at radius 3 is 2.67 bits per heavy atom. The smallest absolute Gasteiger partial charge is 0.227 e. The summed E-state index contributed by atoms with van der Waals surface area (Å²) in [5, 5.41) is 4.27. The minimum atomic E-state index is 0.238. The van der Waals surface area contributed by atoms with E-state index in [9.17, 15) is 4.79 Å². The summed E-state index contributed by atoms with van der Waals surface area (Å²) in [5.74, 6) is 0.596. The predicted octanol–water partition coefficient (Wildman–Crippen LogP) is -0.225. The van der Waals surface area contributed by atoms with Gasteiger partial charge in [-0.1, -0.05) is 0 Å². The summed E-state index contributed by atoms with van der Waals surface area (Å²) in [6.07, 6.45) is 2.22. The van der Waals surface area contributed by atoms with E-state index in [0.29, 0.717) is 5.91 Å². The van der Waals surface area contributed by atoms with Gasteiger partial charge < -0.3 is 9.80 Å². The maximum absolute atomic E-state index is 12.2. The number of piperazine rings is 1. The van der Waals surface area contributed by atoms with Crippen LogP contribution in [-0.2, 0) is 4.79 Å². The second-order valence-corrected chi connectivity index (χ2v) is 4.60. The van der Waals surface area contributed by atoms with Gasteiger partial charge in [0.15, 0.2) is 0 Å². The molecule has 4 nitrogen and oxygen atoms in total. The summed E-state index contributed by atoms with van der Waals surface area (Å²) in [6.45, 7) is 5.40. The number of piperidine rings is 1. The van der Waals surface area contributed by atoms with Crippen molar-refractivity contribution in [1.29, 1.82) is 0 Å². The van der Waals surface area contributed by atoms with E-state index in [1.165, 1.54) is 0 Å². The van der Waals surface area contributed by atoms with E-state index >= 15 is 0 Å². The highest BCUT2D eigenvalue weighted by atomic mass is 16.2. The van der Waals surface area contributed by atoms with Crippen LogP contribution in [0.1, 0.15) is 12.8 Å². The summed E-state index contributed by atoms with van der Waals surface area (Å²) < 4.78 is 0. The molecule has 0 aromatic carbocycles. The molecule has 1 atom stereocenters. The van der Waals surface area contributed by atoms with Crippen LogP contribution < -0.4 is 5.32 Å². The number of carbonyl (C=O) groups excluding carboxylic acids is 1. The number of nitrogens with zero attached hydrogens (tertiary/aromatic N) is 3. The fourth-order valence-corrected chi connectivity index (χ4v) is 2.45. The summed E-state index contributed by atoms with van der Waals surface area (Å²) in [4.78, 5) is 16.4. The standard InChI is InChI=1S/C11H20N3O/c1-13-6-2-3-10(9-13)11(15)14-7-4-12-5-8-14/h10H,2-9H2,1H3. The Morgan fingerprint density at radius 2 is 2.00 bits per heavy atom. The van der Waals surface area contributed by atoms with Gasteiger partial charge in [-0.3, -0.25) is 4.79 Å². The Morgan fingerprint density at radius 1 is 1.27 bits per heavy atom. The van der Waals surface area contributed by atoms with Gasteiger partial charge in [-0.25, -0.2) is 5.32 Å². The molecule has 0 aliphatic carbocycles. The number of likely N-dealkylation sites (tertiary alicyclic amines) is 1. The highest BCUT2D eigenvalue weighted by molar-refractivity contribution is 5.79. The van der Waals surface area contributed by atoms with Gasteiger partial charge in [0.2, 0.25) is 5.91 Å². The van der Waals surface area contributed by atoms with Crippen LogP contribution >= 0.6 is 0 Å². The first-order valence-corrected chi connectivity index (χ1v) is 5.88. The van der Waals surface area contributed by atoms with Crippen molar-refractivity contribution >= 4 is 5.91 Å². The van der Waals surface area contributed by atoms with E-state index in [-0.39, 0.29) is 5.92 Å². The van der Waals surface area contributed by atoms with Crippen LogP contribution in [0, 0.1) is 5.92 Å². The maximum Gasteiger partial charge on any atom is 0.227 e. The molecule has 0 saturated carbocycles. The Bertz CT molecular complexity index is 226. The lowest BCUT2D eigenvalue weighted by molar-refractivity contribution is -0.137. The van der Waals surface area contributed by atoms with Crippen LogP contribution in [0.15, 0.2) is 0 Å². The Hall–Kier alpha value is -0.610. The molecule has 1 amide bonds. The normalized spacial score (nSPS) is 29.1. The van der Waals surface area contributed by atoms with Crippen molar-refractivity contribution in [3.63, 3.8) is 0 Å². The first-order chi connectivity index (χ1) is 7.27. The highest BCUT2D eigenvalue weighted by Gasteiger charge is 2.28. The van der Waals surface area contributed by atoms with Crippen molar-refractivity contribution in [1.82, 2.24) is 15.1 Å². The van der Waals surface area contributed by atoms with Crippen molar-refractivity contribution in [2.75, 3.05) is 46.3 Å². The van der Waals surface area contributed by atoms with Gasteiger partial charge in [0.05, 0.1) is 5.92 Å². The molecule has 2 saturated heterocycles. The Labute approximate surface area is 91.6 Å². The zero-order chi connectivity index (χ0) is 10.7. The topological polar surface area (TPSA) is 37.7 Å². The largest absolute Gasteiger partial charge is 0.340 e. The molecule has 0 aromatic heterocycles. The molecule has 1 radical (unpaired) electrons.